The van der Waals surface area contributed by atoms with E-state index in [0.29, 0.717) is 17.8 Å². The third kappa shape index (κ3) is 3.29. The highest BCUT2D eigenvalue weighted by molar-refractivity contribution is 5.90. The van der Waals surface area contributed by atoms with Crippen LogP contribution in [0.25, 0.3) is 0 Å². The normalized spacial score (nSPS) is 25.1. The predicted molar refractivity (Wildman–Crippen MR) is 117 cm³/mol. The third-order valence-corrected chi connectivity index (χ3v) is 6.91. The van der Waals surface area contributed by atoms with E-state index < -0.39 is 0 Å². The number of likely N-dealkylation sites (tertiary alicyclic amines) is 1. The first kappa shape index (κ1) is 20.2. The summed E-state index contributed by atoms with van der Waals surface area (Å²) in [5.74, 6) is 0.274. The van der Waals surface area contributed by atoms with Crippen molar-refractivity contribution in [3.05, 3.63) is 59.2 Å². The average molecular weight is 405 g/mol. The summed E-state index contributed by atoms with van der Waals surface area (Å²) < 4.78 is 0. The summed E-state index contributed by atoms with van der Waals surface area (Å²) in [4.78, 5) is 17.6. The standard InChI is InChI=1S/C24H28N4O2/c1-4-28(23(30)26-18-8-5-16(15-25)6-9-18)22-21-13-17-7-10-19(29)14-20(17)24(22,2)11-12-27(21)3/h5-10,14,21-22,29H,4,11-13H2,1-3H3,(H,26,30). The molecule has 0 radical (unpaired) electrons. The van der Waals surface area contributed by atoms with Crippen LogP contribution >= 0.6 is 0 Å². The number of nitriles is 1. The Bertz CT molecular complexity index is 997. The van der Waals surface area contributed by atoms with Gasteiger partial charge in [-0.05, 0) is 80.9 Å². The highest BCUT2D eigenvalue weighted by Crippen LogP contribution is 2.47. The van der Waals surface area contributed by atoms with E-state index in [2.05, 4.69) is 30.3 Å². The quantitative estimate of drug-likeness (QED) is 0.817. The van der Waals surface area contributed by atoms with Crippen molar-refractivity contribution >= 4 is 11.7 Å². The number of anilines is 1. The zero-order chi connectivity index (χ0) is 21.5. The summed E-state index contributed by atoms with van der Waals surface area (Å²) in [6.07, 6.45) is 1.77. The largest absolute Gasteiger partial charge is 0.508 e. The Morgan fingerprint density at radius 3 is 2.73 bits per heavy atom. The average Bonchev–Trinajstić information content (AvgIpc) is 2.74. The zero-order valence-electron chi connectivity index (χ0n) is 17.7. The van der Waals surface area contributed by atoms with Crippen LogP contribution in [0.2, 0.25) is 0 Å². The monoisotopic (exact) mass is 404 g/mol. The van der Waals surface area contributed by atoms with Gasteiger partial charge in [0.1, 0.15) is 5.75 Å². The molecule has 0 saturated carbocycles. The van der Waals surface area contributed by atoms with Crippen LogP contribution < -0.4 is 5.32 Å². The van der Waals surface area contributed by atoms with Crippen molar-refractivity contribution in [1.82, 2.24) is 9.80 Å². The molecule has 0 aromatic heterocycles. The Kier molecular flexibility index (Phi) is 5.17. The number of hydrogen-bond donors (Lipinski definition) is 2. The maximum Gasteiger partial charge on any atom is 0.322 e. The number of carbonyl (C=O) groups is 1. The van der Waals surface area contributed by atoms with Gasteiger partial charge in [0.15, 0.2) is 0 Å². The SMILES string of the molecule is CCN(C(=O)Nc1ccc(C#N)cc1)C1C2Cc3ccc(O)cc3C1(C)CCN2C. The number of nitrogens with zero attached hydrogens (tertiary/aromatic N) is 3. The minimum absolute atomic E-state index is 0.00562. The minimum atomic E-state index is -0.235. The molecule has 2 bridgehead atoms. The van der Waals surface area contributed by atoms with Crippen LogP contribution in [0.1, 0.15) is 37.0 Å². The minimum Gasteiger partial charge on any atom is -0.508 e. The molecule has 30 heavy (non-hydrogen) atoms. The van der Waals surface area contributed by atoms with E-state index in [1.54, 1.807) is 30.3 Å². The lowest BCUT2D eigenvalue weighted by Crippen LogP contribution is -2.68. The van der Waals surface area contributed by atoms with Crippen molar-refractivity contribution < 1.29 is 9.90 Å². The molecule has 2 amide bonds. The first-order chi connectivity index (χ1) is 14.4. The number of likely N-dealkylation sites (N-methyl/N-ethyl adjacent to an activating group) is 2. The number of fused-ring (bicyclic) bond motifs is 4. The fourth-order valence-corrected chi connectivity index (χ4v) is 5.29. The Morgan fingerprint density at radius 2 is 2.07 bits per heavy atom. The first-order valence-corrected chi connectivity index (χ1v) is 10.5. The summed E-state index contributed by atoms with van der Waals surface area (Å²) >= 11 is 0. The molecular formula is C24H28N4O2. The van der Waals surface area contributed by atoms with Crippen LogP contribution in [0.4, 0.5) is 10.5 Å². The number of benzene rings is 2. The predicted octanol–water partition coefficient (Wildman–Crippen LogP) is 3.70. The van der Waals surface area contributed by atoms with Crippen molar-refractivity contribution in [1.29, 1.82) is 5.26 Å². The smallest absolute Gasteiger partial charge is 0.322 e. The van der Waals surface area contributed by atoms with E-state index in [1.807, 2.05) is 24.0 Å². The van der Waals surface area contributed by atoms with Crippen LogP contribution in [0, 0.1) is 11.3 Å². The molecule has 2 aromatic rings. The number of phenols is 1. The molecule has 0 spiro atoms. The third-order valence-electron chi connectivity index (χ3n) is 6.91. The molecule has 3 atom stereocenters. The van der Waals surface area contributed by atoms with Crippen LogP contribution in [-0.4, -0.2) is 53.2 Å². The Hall–Kier alpha value is -3.04. The van der Waals surface area contributed by atoms with Gasteiger partial charge in [-0.3, -0.25) is 0 Å². The second-order valence-electron chi connectivity index (χ2n) is 8.61. The van der Waals surface area contributed by atoms with Gasteiger partial charge in [-0.1, -0.05) is 13.0 Å². The fraction of sp³-hybridized carbons (Fsp3) is 0.417. The van der Waals surface area contributed by atoms with Crippen LogP contribution in [0.15, 0.2) is 42.5 Å². The van der Waals surface area contributed by atoms with Gasteiger partial charge < -0.3 is 20.2 Å². The van der Waals surface area contributed by atoms with Gasteiger partial charge in [-0.15, -0.1) is 0 Å². The van der Waals surface area contributed by atoms with Crippen LogP contribution in [-0.2, 0) is 11.8 Å². The maximum atomic E-state index is 13.3. The molecule has 3 unspecified atom stereocenters. The number of amides is 2. The maximum absolute atomic E-state index is 13.3. The lowest BCUT2D eigenvalue weighted by atomic mass is 9.61. The number of urea groups is 1. The number of carbonyl (C=O) groups excluding carboxylic acids is 1. The number of hydrogen-bond acceptors (Lipinski definition) is 4. The van der Waals surface area contributed by atoms with Gasteiger partial charge in [0.2, 0.25) is 0 Å². The fourth-order valence-electron chi connectivity index (χ4n) is 5.29. The van der Waals surface area contributed by atoms with E-state index in [0.717, 1.165) is 24.9 Å². The van der Waals surface area contributed by atoms with E-state index >= 15 is 0 Å². The zero-order valence-corrected chi connectivity index (χ0v) is 17.7. The van der Waals surface area contributed by atoms with Gasteiger partial charge >= 0.3 is 6.03 Å². The molecule has 2 N–H and O–H groups in total. The molecule has 1 heterocycles. The second kappa shape index (κ2) is 7.66. The molecular weight excluding hydrogens is 376 g/mol. The van der Waals surface area contributed by atoms with E-state index in [9.17, 15) is 9.90 Å². The summed E-state index contributed by atoms with van der Waals surface area (Å²) in [6.45, 7) is 5.78. The number of nitrogens with one attached hydrogen (secondary N) is 1. The first-order valence-electron chi connectivity index (χ1n) is 10.5. The van der Waals surface area contributed by atoms with Crippen LogP contribution in [0.5, 0.6) is 5.75 Å². The number of phenolic OH excluding ortho intramolecular Hbond substituents is 1. The topological polar surface area (TPSA) is 79.6 Å². The highest BCUT2D eigenvalue weighted by Gasteiger charge is 2.53. The second-order valence-corrected chi connectivity index (χ2v) is 8.61. The summed E-state index contributed by atoms with van der Waals surface area (Å²) in [5, 5.41) is 22.1. The molecule has 6 heteroatoms. The summed E-state index contributed by atoms with van der Waals surface area (Å²) in [6, 6.07) is 14.8. The van der Waals surface area contributed by atoms with Gasteiger partial charge in [0.05, 0.1) is 17.7 Å². The van der Waals surface area contributed by atoms with Gasteiger partial charge in [0.25, 0.3) is 0 Å². The molecule has 1 aliphatic carbocycles. The molecule has 1 fully saturated rings. The van der Waals surface area contributed by atoms with Gasteiger partial charge in [0, 0.05) is 23.7 Å². The number of aromatic hydroxyl groups is 1. The van der Waals surface area contributed by atoms with Crippen molar-refractivity contribution in [2.24, 2.45) is 0 Å². The lowest BCUT2D eigenvalue weighted by Gasteiger charge is -2.57. The van der Waals surface area contributed by atoms with Crippen LogP contribution in [0.3, 0.4) is 0 Å². The Morgan fingerprint density at radius 1 is 1.33 bits per heavy atom. The van der Waals surface area contributed by atoms with E-state index in [1.165, 1.54) is 5.56 Å². The van der Waals surface area contributed by atoms with Gasteiger partial charge in [-0.2, -0.15) is 5.26 Å². The van der Waals surface area contributed by atoms with E-state index in [4.69, 9.17) is 5.26 Å². The lowest BCUT2D eigenvalue weighted by molar-refractivity contribution is 0.0136. The molecule has 1 aliphatic heterocycles. The molecule has 2 aliphatic rings. The van der Waals surface area contributed by atoms with Gasteiger partial charge in [-0.25, -0.2) is 4.79 Å². The van der Waals surface area contributed by atoms with E-state index in [-0.39, 0.29) is 29.3 Å². The van der Waals surface area contributed by atoms with Crippen molar-refractivity contribution in [2.75, 3.05) is 25.5 Å². The number of piperidine rings is 1. The Balaban J connectivity index is 1.68. The van der Waals surface area contributed by atoms with Crippen molar-refractivity contribution in [2.45, 2.75) is 44.2 Å². The molecule has 4 rings (SSSR count). The molecule has 1 saturated heterocycles. The molecule has 156 valence electrons. The molecule has 6 nitrogen and oxygen atoms in total. The Labute approximate surface area is 177 Å². The van der Waals surface area contributed by atoms with Crippen molar-refractivity contribution in [3.63, 3.8) is 0 Å². The van der Waals surface area contributed by atoms with Crippen molar-refractivity contribution in [3.8, 4) is 11.8 Å². The highest BCUT2D eigenvalue weighted by atomic mass is 16.3. The number of rotatable bonds is 3. The summed E-state index contributed by atoms with van der Waals surface area (Å²) in [5.41, 5.74) is 3.41. The summed E-state index contributed by atoms with van der Waals surface area (Å²) in [7, 11) is 2.13. The molecule has 2 aromatic carbocycles.